The number of imidazole rings is 1. The Kier molecular flexibility index (Phi) is 6.90. The van der Waals surface area contributed by atoms with E-state index in [0.717, 1.165) is 28.0 Å². The van der Waals surface area contributed by atoms with Crippen molar-refractivity contribution in [3.63, 3.8) is 0 Å². The zero-order valence-corrected chi connectivity index (χ0v) is 24.1. The highest BCUT2D eigenvalue weighted by atomic mass is 16.6. The molecule has 0 spiro atoms. The van der Waals surface area contributed by atoms with Gasteiger partial charge in [-0.15, -0.1) is 0 Å². The molecule has 0 aliphatic carbocycles. The lowest BCUT2D eigenvalue weighted by Gasteiger charge is -2.36. The number of benzene rings is 2. The first-order valence-electron chi connectivity index (χ1n) is 13.9. The number of primary amides is 1. The van der Waals surface area contributed by atoms with Crippen molar-refractivity contribution >= 4 is 39.8 Å². The molecule has 1 fully saturated rings. The number of anilines is 1. The molecule has 11 heteroatoms. The number of fused-ring (bicyclic) bond motifs is 2. The van der Waals surface area contributed by atoms with Gasteiger partial charge >= 0.3 is 6.09 Å². The predicted molar refractivity (Wildman–Crippen MR) is 163 cm³/mol. The zero-order valence-electron chi connectivity index (χ0n) is 24.1. The van der Waals surface area contributed by atoms with E-state index >= 15 is 0 Å². The van der Waals surface area contributed by atoms with E-state index in [4.69, 9.17) is 15.5 Å². The van der Waals surface area contributed by atoms with Crippen molar-refractivity contribution in [3.05, 3.63) is 78.4 Å². The molecule has 0 radical (unpaired) electrons. The van der Waals surface area contributed by atoms with Crippen LogP contribution in [0, 0.1) is 11.3 Å². The molecule has 11 nitrogen and oxygen atoms in total. The summed E-state index contributed by atoms with van der Waals surface area (Å²) in [7, 11) is 0. The molecule has 2 aromatic carbocycles. The van der Waals surface area contributed by atoms with Gasteiger partial charge in [0.2, 0.25) is 0 Å². The van der Waals surface area contributed by atoms with Gasteiger partial charge < -0.3 is 20.3 Å². The highest BCUT2D eigenvalue weighted by molar-refractivity contribution is 6.06. The highest BCUT2D eigenvalue weighted by Crippen LogP contribution is 2.33. The number of nitrogens with two attached hydrogens (primary N) is 1. The monoisotopic (exact) mass is 574 g/mol. The molecule has 4 heterocycles. The summed E-state index contributed by atoms with van der Waals surface area (Å²) in [5, 5.41) is 10.3. The summed E-state index contributed by atoms with van der Waals surface area (Å²) >= 11 is 0. The molecule has 1 aliphatic rings. The Hall–Kier alpha value is -5.50. The topological polar surface area (TPSA) is 143 Å². The number of amides is 2. The van der Waals surface area contributed by atoms with Crippen LogP contribution in [0.3, 0.4) is 0 Å². The van der Waals surface area contributed by atoms with Gasteiger partial charge in [0, 0.05) is 43.8 Å². The lowest BCUT2D eigenvalue weighted by molar-refractivity contribution is 0.0240. The molecular weight excluding hydrogens is 544 g/mol. The van der Waals surface area contributed by atoms with Gasteiger partial charge in [-0.05, 0) is 62.2 Å². The third-order valence-corrected chi connectivity index (χ3v) is 7.32. The quantitative estimate of drug-likeness (QED) is 0.326. The standard InChI is InChI=1S/C32H30N8O3/c1-32(2,3)43-31(42)39-12-10-38(11-13-39)28-17-26(23-6-4-5-7-25(23)37-28)40-19-36-29-24(30(34)41)15-21(16-27(29)40)20-8-9-35-22(14-20)18-33/h4-9,14-17,19H,10-13H2,1-3H3,(H2,34,41). The summed E-state index contributed by atoms with van der Waals surface area (Å²) in [4.78, 5) is 42.6. The number of carbonyl (C=O) groups is 2. The summed E-state index contributed by atoms with van der Waals surface area (Å²) < 4.78 is 7.49. The molecule has 5 aromatic rings. The number of pyridine rings is 2. The second-order valence-electron chi connectivity index (χ2n) is 11.4. The lowest BCUT2D eigenvalue weighted by Crippen LogP contribution is -2.50. The van der Waals surface area contributed by atoms with Gasteiger partial charge in [-0.3, -0.25) is 9.36 Å². The summed E-state index contributed by atoms with van der Waals surface area (Å²) in [5.74, 6) is 0.160. The smallest absolute Gasteiger partial charge is 0.410 e. The maximum Gasteiger partial charge on any atom is 0.410 e. The second-order valence-corrected chi connectivity index (χ2v) is 11.4. The number of rotatable bonds is 4. The highest BCUT2D eigenvalue weighted by Gasteiger charge is 2.27. The lowest BCUT2D eigenvalue weighted by atomic mass is 10.0. The largest absolute Gasteiger partial charge is 0.444 e. The number of carbonyl (C=O) groups excluding carboxylic acids is 2. The van der Waals surface area contributed by atoms with Gasteiger partial charge in [-0.2, -0.15) is 5.26 Å². The van der Waals surface area contributed by atoms with Gasteiger partial charge in [-0.1, -0.05) is 18.2 Å². The first-order chi connectivity index (χ1) is 20.6. The fourth-order valence-corrected chi connectivity index (χ4v) is 5.28. The van der Waals surface area contributed by atoms with Crippen LogP contribution in [0.5, 0.6) is 0 Å². The first kappa shape index (κ1) is 27.7. The molecule has 43 heavy (non-hydrogen) atoms. The van der Waals surface area contributed by atoms with Crippen LogP contribution in [0.25, 0.3) is 38.8 Å². The van der Waals surface area contributed by atoms with E-state index in [-0.39, 0.29) is 17.4 Å². The van der Waals surface area contributed by atoms with Crippen molar-refractivity contribution in [2.24, 2.45) is 5.73 Å². The van der Waals surface area contributed by atoms with Crippen molar-refractivity contribution in [1.82, 2.24) is 24.4 Å². The Balaban J connectivity index is 1.43. The molecule has 1 aliphatic heterocycles. The zero-order chi connectivity index (χ0) is 30.3. The third kappa shape index (κ3) is 5.42. The Morgan fingerprint density at radius 1 is 0.977 bits per heavy atom. The molecule has 3 aromatic heterocycles. The molecule has 0 atom stereocenters. The second kappa shape index (κ2) is 10.7. The van der Waals surface area contributed by atoms with Crippen molar-refractivity contribution in [3.8, 4) is 22.9 Å². The van der Waals surface area contributed by atoms with Crippen LogP contribution >= 0.6 is 0 Å². The Labute approximate surface area is 248 Å². The minimum atomic E-state index is -0.602. The van der Waals surface area contributed by atoms with E-state index in [1.165, 1.54) is 0 Å². The van der Waals surface area contributed by atoms with E-state index in [1.54, 1.807) is 35.6 Å². The first-order valence-corrected chi connectivity index (χ1v) is 13.9. The number of hydrogen-bond acceptors (Lipinski definition) is 8. The van der Waals surface area contributed by atoms with E-state index in [9.17, 15) is 14.9 Å². The Bertz CT molecular complexity index is 1930. The molecule has 0 bridgehead atoms. The van der Waals surface area contributed by atoms with Crippen LogP contribution < -0.4 is 10.6 Å². The van der Waals surface area contributed by atoms with Crippen LogP contribution in [0.15, 0.2) is 67.1 Å². The number of nitriles is 1. The summed E-state index contributed by atoms with van der Waals surface area (Å²) in [6, 6.07) is 19.0. The van der Waals surface area contributed by atoms with Crippen LogP contribution in [0.2, 0.25) is 0 Å². The number of hydrogen-bond donors (Lipinski definition) is 1. The predicted octanol–water partition coefficient (Wildman–Crippen LogP) is 4.66. The van der Waals surface area contributed by atoms with Crippen molar-refractivity contribution in [2.75, 3.05) is 31.1 Å². The van der Waals surface area contributed by atoms with Crippen molar-refractivity contribution < 1.29 is 14.3 Å². The third-order valence-electron chi connectivity index (χ3n) is 7.32. The summed E-state index contributed by atoms with van der Waals surface area (Å²) in [5.41, 5.74) is 10.0. The van der Waals surface area contributed by atoms with Crippen LogP contribution in [-0.4, -0.2) is 68.2 Å². The maximum absolute atomic E-state index is 12.6. The Morgan fingerprint density at radius 3 is 2.47 bits per heavy atom. The maximum atomic E-state index is 12.6. The molecule has 1 saturated heterocycles. The van der Waals surface area contributed by atoms with Crippen LogP contribution in [0.4, 0.5) is 10.6 Å². The summed E-state index contributed by atoms with van der Waals surface area (Å²) in [6.07, 6.45) is 2.92. The number of ether oxygens (including phenoxy) is 1. The fraction of sp³-hybridized carbons (Fsp3) is 0.250. The van der Waals surface area contributed by atoms with Gasteiger partial charge in [-0.25, -0.2) is 19.7 Å². The molecule has 216 valence electrons. The number of aromatic nitrogens is 4. The van der Waals surface area contributed by atoms with Crippen LogP contribution in [-0.2, 0) is 4.74 Å². The SMILES string of the molecule is CC(C)(C)OC(=O)N1CCN(c2cc(-n3cnc4c(C(N)=O)cc(-c5ccnc(C#N)c5)cc43)c3ccccc3n2)CC1. The number of nitrogens with zero attached hydrogens (tertiary/aromatic N) is 7. The molecule has 2 N–H and O–H groups in total. The van der Waals surface area contributed by atoms with Crippen molar-refractivity contribution in [2.45, 2.75) is 26.4 Å². The molecule has 6 rings (SSSR count). The fourth-order valence-electron chi connectivity index (χ4n) is 5.28. The van der Waals surface area contributed by atoms with E-state index in [0.29, 0.717) is 42.8 Å². The molecular formula is C32H30N8O3. The van der Waals surface area contributed by atoms with Gasteiger partial charge in [0.1, 0.15) is 35.0 Å². The number of piperazine rings is 1. The van der Waals surface area contributed by atoms with E-state index < -0.39 is 11.5 Å². The van der Waals surface area contributed by atoms with Crippen molar-refractivity contribution in [1.29, 1.82) is 5.26 Å². The molecule has 0 saturated carbocycles. The Morgan fingerprint density at radius 2 is 1.74 bits per heavy atom. The summed E-state index contributed by atoms with van der Waals surface area (Å²) in [6.45, 7) is 7.78. The van der Waals surface area contributed by atoms with E-state index in [2.05, 4.69) is 20.9 Å². The molecule has 0 unspecified atom stereocenters. The van der Waals surface area contributed by atoms with Gasteiger partial charge in [0.25, 0.3) is 5.91 Å². The van der Waals surface area contributed by atoms with Gasteiger partial charge in [0.05, 0.1) is 22.3 Å². The minimum Gasteiger partial charge on any atom is -0.444 e. The minimum absolute atomic E-state index is 0.267. The van der Waals surface area contributed by atoms with Crippen LogP contribution in [0.1, 0.15) is 36.8 Å². The normalized spacial score (nSPS) is 13.7. The number of para-hydroxylation sites is 1. The van der Waals surface area contributed by atoms with E-state index in [1.807, 2.05) is 61.7 Å². The molecule has 2 amide bonds. The van der Waals surface area contributed by atoms with Gasteiger partial charge in [0.15, 0.2) is 0 Å². The average Bonchev–Trinajstić information content (AvgIpc) is 3.43. The average molecular weight is 575 g/mol.